The molecular formula is C12H16NNaO3S. The molecule has 0 aliphatic carbocycles. The summed E-state index contributed by atoms with van der Waals surface area (Å²) in [5.74, 6) is 0.224. The second-order valence-electron chi connectivity index (χ2n) is 4.30. The van der Waals surface area contributed by atoms with Crippen molar-refractivity contribution in [3.8, 4) is 0 Å². The summed E-state index contributed by atoms with van der Waals surface area (Å²) in [6, 6.07) is 5.18. The van der Waals surface area contributed by atoms with E-state index in [2.05, 4.69) is 5.32 Å². The van der Waals surface area contributed by atoms with Crippen LogP contribution in [-0.2, 0) is 22.3 Å². The summed E-state index contributed by atoms with van der Waals surface area (Å²) < 4.78 is 20.0. The predicted molar refractivity (Wildman–Crippen MR) is 67.6 cm³/mol. The van der Waals surface area contributed by atoms with Gasteiger partial charge in [-0.25, -0.2) is 4.21 Å². The molecule has 1 aromatic carbocycles. The Bertz CT molecular complexity index is 484. The molecule has 0 saturated carbocycles. The fourth-order valence-electron chi connectivity index (χ4n) is 2.07. The van der Waals surface area contributed by atoms with Crippen LogP contribution >= 0.6 is 0 Å². The van der Waals surface area contributed by atoms with Gasteiger partial charge in [0.2, 0.25) is 0 Å². The van der Waals surface area contributed by atoms with Crippen molar-refractivity contribution in [1.82, 2.24) is 0 Å². The van der Waals surface area contributed by atoms with E-state index in [1.54, 1.807) is 25.1 Å². The third kappa shape index (κ3) is 3.65. The first kappa shape index (κ1) is 15.9. The van der Waals surface area contributed by atoms with Crippen LogP contribution in [0.3, 0.4) is 0 Å². The molecule has 4 nitrogen and oxygen atoms in total. The number of carbonyl (C=O) groups is 1. The van der Waals surface area contributed by atoms with Gasteiger partial charge in [-0.2, -0.15) is 0 Å². The largest absolute Gasteiger partial charge is 1.00 e. The molecule has 0 amide bonds. The molecule has 6 heteroatoms. The van der Waals surface area contributed by atoms with E-state index in [0.29, 0.717) is 11.4 Å². The van der Waals surface area contributed by atoms with Gasteiger partial charge in [-0.1, -0.05) is 0 Å². The van der Waals surface area contributed by atoms with Gasteiger partial charge in [-0.15, -0.1) is 0 Å². The van der Waals surface area contributed by atoms with E-state index in [1.165, 1.54) is 0 Å². The molecule has 0 aromatic heterocycles. The van der Waals surface area contributed by atoms with Crippen LogP contribution in [0.5, 0.6) is 0 Å². The number of hydrogen-bond acceptors (Lipinski definition) is 3. The minimum atomic E-state index is -1.94. The van der Waals surface area contributed by atoms with Gasteiger partial charge >= 0.3 is 29.6 Å². The molecule has 1 aliphatic heterocycles. The molecule has 18 heavy (non-hydrogen) atoms. The van der Waals surface area contributed by atoms with Gasteiger partial charge in [0.15, 0.2) is 11.1 Å². The third-order valence-corrected chi connectivity index (χ3v) is 3.81. The molecule has 1 heterocycles. The van der Waals surface area contributed by atoms with Crippen molar-refractivity contribution in [2.75, 3.05) is 11.9 Å². The van der Waals surface area contributed by atoms with Crippen molar-refractivity contribution in [2.24, 2.45) is 5.92 Å². The van der Waals surface area contributed by atoms with Crippen molar-refractivity contribution in [3.63, 3.8) is 0 Å². The first-order chi connectivity index (χ1) is 8.08. The molecule has 1 aromatic rings. The normalized spacial score (nSPS) is 19.8. The van der Waals surface area contributed by atoms with E-state index < -0.39 is 11.1 Å². The second-order valence-corrected chi connectivity index (χ2v) is 5.26. The number of benzene rings is 1. The average molecular weight is 277 g/mol. The molecular weight excluding hydrogens is 261 g/mol. The first-order valence-electron chi connectivity index (χ1n) is 5.56. The topological polar surface area (TPSA) is 66.4 Å². The fraction of sp³-hybridized carbons (Fsp3) is 0.417. The van der Waals surface area contributed by atoms with Crippen LogP contribution in [0.15, 0.2) is 23.1 Å². The van der Waals surface area contributed by atoms with Gasteiger partial charge in [0.05, 0.1) is 4.90 Å². The van der Waals surface area contributed by atoms with Gasteiger partial charge in [-0.3, -0.25) is 4.79 Å². The molecule has 0 bridgehead atoms. The number of Topliss-reactive ketones (excluding diaryl/α,β-unsaturated/α-hetero) is 1. The first-order valence-corrected chi connectivity index (χ1v) is 6.66. The molecule has 0 spiro atoms. The van der Waals surface area contributed by atoms with Crippen LogP contribution in [0.2, 0.25) is 0 Å². The van der Waals surface area contributed by atoms with Gasteiger partial charge in [0.25, 0.3) is 0 Å². The molecule has 2 rings (SSSR count). The van der Waals surface area contributed by atoms with Crippen molar-refractivity contribution in [2.45, 2.75) is 24.7 Å². The number of hydrogen-bond donors (Lipinski definition) is 2. The summed E-state index contributed by atoms with van der Waals surface area (Å²) in [4.78, 5) is 11.8. The summed E-state index contributed by atoms with van der Waals surface area (Å²) >= 11 is -1.94. The number of aryl methyl sites for hydroxylation is 1. The minimum Gasteiger partial charge on any atom is -1.00 e. The molecule has 0 saturated heterocycles. The SMILES string of the molecule is CC(=O)C1CCc2cc(S(=O)O)ccc2NC1.[H-].[Na+]. The Morgan fingerprint density at radius 2 is 2.28 bits per heavy atom. The molecule has 2 N–H and O–H groups in total. The second kappa shape index (κ2) is 6.82. The van der Waals surface area contributed by atoms with Gasteiger partial charge in [0.1, 0.15) is 5.78 Å². The van der Waals surface area contributed by atoms with Crippen LogP contribution in [0.25, 0.3) is 0 Å². The Balaban J connectivity index is 0.00000162. The number of nitrogens with one attached hydrogen (secondary N) is 1. The van der Waals surface area contributed by atoms with Gasteiger partial charge in [0, 0.05) is 18.2 Å². The Morgan fingerprint density at radius 1 is 1.56 bits per heavy atom. The third-order valence-electron chi connectivity index (χ3n) is 3.15. The quantitative estimate of drug-likeness (QED) is 0.534. The smallest absolute Gasteiger partial charge is 1.00 e. The van der Waals surface area contributed by atoms with E-state index in [4.69, 9.17) is 4.55 Å². The van der Waals surface area contributed by atoms with Crippen LogP contribution < -0.4 is 34.9 Å². The number of fused-ring (bicyclic) bond motifs is 1. The zero-order valence-corrected chi connectivity index (χ0v) is 13.4. The van der Waals surface area contributed by atoms with E-state index in [-0.39, 0.29) is 42.7 Å². The van der Waals surface area contributed by atoms with Crippen LogP contribution in [0.1, 0.15) is 20.3 Å². The number of anilines is 1. The Labute approximate surface area is 133 Å². The van der Waals surface area contributed by atoms with Crippen molar-refractivity contribution in [3.05, 3.63) is 23.8 Å². The zero-order valence-electron chi connectivity index (χ0n) is 11.6. The Morgan fingerprint density at radius 3 is 2.89 bits per heavy atom. The summed E-state index contributed by atoms with van der Waals surface area (Å²) in [6.45, 7) is 2.25. The molecule has 1 aliphatic rings. The number of rotatable bonds is 2. The Hall–Kier alpha value is -0.200. The molecule has 0 radical (unpaired) electrons. The molecule has 94 valence electrons. The van der Waals surface area contributed by atoms with E-state index >= 15 is 0 Å². The minimum absolute atomic E-state index is 0. The van der Waals surface area contributed by atoms with Crippen LogP contribution in [-0.4, -0.2) is 21.1 Å². The zero-order chi connectivity index (χ0) is 12.4. The van der Waals surface area contributed by atoms with E-state index in [1.807, 2.05) is 0 Å². The van der Waals surface area contributed by atoms with Gasteiger partial charge < -0.3 is 11.3 Å². The van der Waals surface area contributed by atoms with E-state index in [9.17, 15) is 9.00 Å². The average Bonchev–Trinajstić information content (AvgIpc) is 2.50. The van der Waals surface area contributed by atoms with E-state index in [0.717, 1.165) is 24.1 Å². The summed E-state index contributed by atoms with van der Waals surface area (Å²) in [5, 5.41) is 3.22. The number of ketones is 1. The molecule has 2 atom stereocenters. The predicted octanol–water partition coefficient (Wildman–Crippen LogP) is -1.05. The summed E-state index contributed by atoms with van der Waals surface area (Å²) in [7, 11) is 0. The number of carbonyl (C=O) groups excluding carboxylic acids is 1. The van der Waals surface area contributed by atoms with Crippen LogP contribution in [0.4, 0.5) is 5.69 Å². The monoisotopic (exact) mass is 277 g/mol. The van der Waals surface area contributed by atoms with Gasteiger partial charge in [-0.05, 0) is 43.5 Å². The maximum Gasteiger partial charge on any atom is 1.00 e. The van der Waals surface area contributed by atoms with Crippen molar-refractivity contribution >= 4 is 22.6 Å². The molecule has 0 fully saturated rings. The summed E-state index contributed by atoms with van der Waals surface area (Å²) in [5.41, 5.74) is 1.97. The Kier molecular flexibility index (Phi) is 6.01. The molecule has 2 unspecified atom stereocenters. The van der Waals surface area contributed by atoms with Crippen LogP contribution in [0, 0.1) is 5.92 Å². The van der Waals surface area contributed by atoms with Crippen molar-refractivity contribution in [1.29, 1.82) is 0 Å². The summed E-state index contributed by atoms with van der Waals surface area (Å²) in [6.07, 6.45) is 1.55. The standard InChI is InChI=1S/C12H15NO3S.Na.H/c1-8(14)10-3-2-9-6-11(17(15)16)4-5-12(9)13-7-10;;/h4-6,10,13H,2-3,7H2,1H3,(H,15,16);;/q;+1;-1. The maximum atomic E-state index is 11.3. The maximum absolute atomic E-state index is 11.3. The fourth-order valence-corrected chi connectivity index (χ4v) is 2.50. The van der Waals surface area contributed by atoms with Crippen molar-refractivity contribution < 1.29 is 44.5 Å².